The number of amides is 3. The van der Waals surface area contributed by atoms with E-state index in [-0.39, 0.29) is 36.1 Å². The molecule has 148 valence electrons. The van der Waals surface area contributed by atoms with Crippen molar-refractivity contribution in [2.75, 3.05) is 16.8 Å². The van der Waals surface area contributed by atoms with Crippen LogP contribution in [0.25, 0.3) is 0 Å². The Kier molecular flexibility index (Phi) is 7.39. The maximum Gasteiger partial charge on any atom is 0.227 e. The fourth-order valence-electron chi connectivity index (χ4n) is 3.33. The Morgan fingerprint density at radius 3 is 2.41 bits per heavy atom. The Bertz CT molecular complexity index is 670. The highest BCUT2D eigenvalue weighted by Crippen LogP contribution is 2.26. The molecule has 1 saturated heterocycles. The van der Waals surface area contributed by atoms with Crippen LogP contribution in [0.3, 0.4) is 0 Å². The van der Waals surface area contributed by atoms with Gasteiger partial charge >= 0.3 is 0 Å². The van der Waals surface area contributed by atoms with Gasteiger partial charge in [0.25, 0.3) is 0 Å². The fourth-order valence-corrected chi connectivity index (χ4v) is 3.33. The van der Waals surface area contributed by atoms with E-state index >= 15 is 0 Å². The van der Waals surface area contributed by atoms with E-state index in [1.165, 1.54) is 6.92 Å². The van der Waals surface area contributed by atoms with Crippen LogP contribution in [0.4, 0.5) is 11.4 Å². The second-order valence-electron chi connectivity index (χ2n) is 7.87. The van der Waals surface area contributed by atoms with Crippen LogP contribution in [0, 0.1) is 11.8 Å². The Labute approximate surface area is 161 Å². The quantitative estimate of drug-likeness (QED) is 0.734. The van der Waals surface area contributed by atoms with Crippen LogP contribution in [0.5, 0.6) is 0 Å². The summed E-state index contributed by atoms with van der Waals surface area (Å²) in [5.41, 5.74) is 1.43. The molecule has 0 aliphatic carbocycles. The summed E-state index contributed by atoms with van der Waals surface area (Å²) in [6.07, 6.45) is 3.44. The summed E-state index contributed by atoms with van der Waals surface area (Å²) in [5, 5.41) is 5.75. The number of rotatable bonds is 8. The van der Waals surface area contributed by atoms with Crippen molar-refractivity contribution in [2.24, 2.45) is 11.8 Å². The minimum Gasteiger partial charge on any atom is -0.353 e. The molecule has 2 unspecified atom stereocenters. The van der Waals surface area contributed by atoms with Crippen molar-refractivity contribution >= 4 is 29.1 Å². The van der Waals surface area contributed by atoms with E-state index in [1.54, 1.807) is 29.2 Å². The van der Waals surface area contributed by atoms with Crippen LogP contribution in [-0.4, -0.2) is 30.3 Å². The van der Waals surface area contributed by atoms with Crippen LogP contribution >= 0.6 is 0 Å². The molecule has 2 atom stereocenters. The first-order valence-corrected chi connectivity index (χ1v) is 9.74. The van der Waals surface area contributed by atoms with Crippen molar-refractivity contribution in [2.45, 2.75) is 59.4 Å². The average Bonchev–Trinajstić information content (AvgIpc) is 2.96. The lowest BCUT2D eigenvalue weighted by atomic mass is 10.0. The van der Waals surface area contributed by atoms with E-state index in [4.69, 9.17) is 0 Å². The molecular weight excluding hydrogens is 342 g/mol. The molecule has 0 spiro atoms. The minimum atomic E-state index is -0.319. The normalized spacial score (nSPS) is 17.9. The molecule has 1 aliphatic rings. The summed E-state index contributed by atoms with van der Waals surface area (Å²) in [4.78, 5) is 37.6. The molecule has 3 amide bonds. The average molecular weight is 373 g/mol. The van der Waals surface area contributed by atoms with Crippen LogP contribution < -0.4 is 15.5 Å². The van der Waals surface area contributed by atoms with Crippen LogP contribution in [0.15, 0.2) is 24.3 Å². The van der Waals surface area contributed by atoms with Gasteiger partial charge in [0.05, 0.1) is 5.92 Å². The van der Waals surface area contributed by atoms with Crippen LogP contribution in [0.1, 0.15) is 53.4 Å². The molecule has 0 bridgehead atoms. The zero-order chi connectivity index (χ0) is 20.0. The maximum atomic E-state index is 12.5. The van der Waals surface area contributed by atoms with Crippen molar-refractivity contribution in [3.8, 4) is 0 Å². The first kappa shape index (κ1) is 20.9. The first-order valence-electron chi connectivity index (χ1n) is 9.74. The molecule has 6 nitrogen and oxygen atoms in total. The molecule has 1 aromatic rings. The second-order valence-corrected chi connectivity index (χ2v) is 7.87. The number of benzene rings is 1. The summed E-state index contributed by atoms with van der Waals surface area (Å²) in [5.74, 6) is 0.123. The van der Waals surface area contributed by atoms with Crippen LogP contribution in [0.2, 0.25) is 0 Å². The second kappa shape index (κ2) is 9.53. The van der Waals surface area contributed by atoms with Crippen molar-refractivity contribution in [1.82, 2.24) is 5.32 Å². The van der Waals surface area contributed by atoms with E-state index in [1.807, 2.05) is 6.92 Å². The predicted octanol–water partition coefficient (Wildman–Crippen LogP) is 3.33. The van der Waals surface area contributed by atoms with Crippen LogP contribution in [-0.2, 0) is 14.4 Å². The largest absolute Gasteiger partial charge is 0.353 e. The van der Waals surface area contributed by atoms with Gasteiger partial charge in [0.1, 0.15) is 0 Å². The van der Waals surface area contributed by atoms with Gasteiger partial charge in [-0.1, -0.05) is 26.7 Å². The van der Waals surface area contributed by atoms with Gasteiger partial charge in [0, 0.05) is 37.3 Å². The van der Waals surface area contributed by atoms with Gasteiger partial charge in [-0.05, 0) is 43.5 Å². The number of hydrogen-bond acceptors (Lipinski definition) is 3. The molecule has 27 heavy (non-hydrogen) atoms. The summed E-state index contributed by atoms with van der Waals surface area (Å²) in [6, 6.07) is 7.22. The Morgan fingerprint density at radius 2 is 1.81 bits per heavy atom. The zero-order valence-corrected chi connectivity index (χ0v) is 16.7. The Morgan fingerprint density at radius 1 is 1.15 bits per heavy atom. The third-order valence-electron chi connectivity index (χ3n) is 4.80. The fraction of sp³-hybridized carbons (Fsp3) is 0.571. The molecule has 1 fully saturated rings. The lowest BCUT2D eigenvalue weighted by molar-refractivity contribution is -0.126. The minimum absolute atomic E-state index is 0.0437. The maximum absolute atomic E-state index is 12.5. The highest BCUT2D eigenvalue weighted by molar-refractivity contribution is 6.00. The number of nitrogens with zero attached hydrogens (tertiary/aromatic N) is 1. The third-order valence-corrected chi connectivity index (χ3v) is 4.80. The summed E-state index contributed by atoms with van der Waals surface area (Å²) >= 11 is 0. The van der Waals surface area contributed by atoms with E-state index in [0.717, 1.165) is 24.9 Å². The van der Waals surface area contributed by atoms with E-state index in [9.17, 15) is 14.4 Å². The van der Waals surface area contributed by atoms with E-state index in [2.05, 4.69) is 24.5 Å². The van der Waals surface area contributed by atoms with Gasteiger partial charge in [0.15, 0.2) is 0 Å². The lowest BCUT2D eigenvalue weighted by Crippen LogP contribution is -2.38. The molecule has 1 aromatic carbocycles. The first-order chi connectivity index (χ1) is 12.8. The SMILES string of the molecule is CC(=O)Nc1ccc(N2CC(C(=O)NC(C)CCCC(C)C)CC2=O)cc1. The number of hydrogen-bond donors (Lipinski definition) is 2. The van der Waals surface area contributed by atoms with Gasteiger partial charge < -0.3 is 15.5 Å². The van der Waals surface area contributed by atoms with Crippen molar-refractivity contribution < 1.29 is 14.4 Å². The molecule has 0 saturated carbocycles. The number of carbonyl (C=O) groups is 3. The summed E-state index contributed by atoms with van der Waals surface area (Å²) in [6.45, 7) is 8.26. The smallest absolute Gasteiger partial charge is 0.227 e. The molecule has 1 aliphatic heterocycles. The third kappa shape index (κ3) is 6.38. The van der Waals surface area contributed by atoms with Gasteiger partial charge in [-0.3, -0.25) is 14.4 Å². The Hall–Kier alpha value is -2.37. The summed E-state index contributed by atoms with van der Waals surface area (Å²) in [7, 11) is 0. The molecule has 6 heteroatoms. The summed E-state index contributed by atoms with van der Waals surface area (Å²) < 4.78 is 0. The molecule has 0 aromatic heterocycles. The number of anilines is 2. The van der Waals surface area contributed by atoms with E-state index < -0.39 is 0 Å². The van der Waals surface area contributed by atoms with Gasteiger partial charge in [-0.2, -0.15) is 0 Å². The van der Waals surface area contributed by atoms with E-state index in [0.29, 0.717) is 18.2 Å². The molecule has 2 rings (SSSR count). The highest BCUT2D eigenvalue weighted by atomic mass is 16.2. The highest BCUT2D eigenvalue weighted by Gasteiger charge is 2.35. The Balaban J connectivity index is 1.88. The van der Waals surface area contributed by atoms with Crippen molar-refractivity contribution in [3.05, 3.63) is 24.3 Å². The number of nitrogens with one attached hydrogen (secondary N) is 2. The monoisotopic (exact) mass is 373 g/mol. The molecule has 2 N–H and O–H groups in total. The van der Waals surface area contributed by atoms with Gasteiger partial charge in [-0.25, -0.2) is 0 Å². The van der Waals surface area contributed by atoms with Gasteiger partial charge in [-0.15, -0.1) is 0 Å². The molecular formula is C21H31N3O3. The number of carbonyl (C=O) groups excluding carboxylic acids is 3. The topological polar surface area (TPSA) is 78.5 Å². The zero-order valence-electron chi connectivity index (χ0n) is 16.7. The predicted molar refractivity (Wildman–Crippen MR) is 107 cm³/mol. The van der Waals surface area contributed by atoms with Gasteiger partial charge in [0.2, 0.25) is 17.7 Å². The molecule has 0 radical (unpaired) electrons. The van der Waals surface area contributed by atoms with Crippen molar-refractivity contribution in [3.63, 3.8) is 0 Å². The lowest BCUT2D eigenvalue weighted by Gasteiger charge is -2.19. The standard InChI is InChI=1S/C21H31N3O3/c1-14(2)6-5-7-15(3)22-21(27)17-12-20(26)24(13-17)19-10-8-18(9-11-19)23-16(4)25/h8-11,14-15,17H,5-7,12-13H2,1-4H3,(H,22,27)(H,23,25). The van der Waals surface area contributed by atoms with Crippen molar-refractivity contribution in [1.29, 1.82) is 0 Å². The molecule has 1 heterocycles.